The van der Waals surface area contributed by atoms with Crippen molar-refractivity contribution in [3.8, 4) is 0 Å². The maximum atomic E-state index is 12.3. The van der Waals surface area contributed by atoms with Crippen molar-refractivity contribution >= 4 is 21.8 Å². The molecular weight excluding hydrogens is 282 g/mol. The highest BCUT2D eigenvalue weighted by Gasteiger charge is 2.33. The molecule has 2 rings (SSSR count). The van der Waals surface area contributed by atoms with E-state index in [1.807, 2.05) is 11.0 Å². The lowest BCUT2D eigenvalue weighted by Gasteiger charge is -2.45. The Morgan fingerprint density at radius 3 is 2.71 bits per heavy atom. The second-order valence-corrected chi connectivity index (χ2v) is 6.11. The van der Waals surface area contributed by atoms with E-state index in [0.29, 0.717) is 5.69 Å². The molecule has 1 aliphatic rings. The summed E-state index contributed by atoms with van der Waals surface area (Å²) in [5.74, 6) is 0.0804. The van der Waals surface area contributed by atoms with E-state index in [1.54, 1.807) is 6.20 Å². The van der Waals surface area contributed by atoms with Gasteiger partial charge in [-0.1, -0.05) is 0 Å². The molecule has 1 aromatic rings. The Kier molecular flexibility index (Phi) is 3.32. The number of carbonyl (C=O) groups excluding carboxylic acids is 1. The molecule has 1 fully saturated rings. The van der Waals surface area contributed by atoms with Crippen LogP contribution in [0.1, 0.15) is 24.3 Å². The molecule has 1 aromatic heterocycles. The van der Waals surface area contributed by atoms with Gasteiger partial charge in [0.1, 0.15) is 5.69 Å². The number of H-pyrrole nitrogens is 1. The van der Waals surface area contributed by atoms with Gasteiger partial charge in [-0.15, -0.1) is 0 Å². The fraction of sp³-hybridized carbons (Fsp3) is 0.583. The molecule has 0 aromatic carbocycles. The molecule has 94 valence electrons. The summed E-state index contributed by atoms with van der Waals surface area (Å²) in [6.45, 7) is 6.79. The normalized spacial score (nSPS) is 20.6. The summed E-state index contributed by atoms with van der Waals surface area (Å²) in [5.41, 5.74) is 0.690. The van der Waals surface area contributed by atoms with Crippen LogP contribution >= 0.6 is 15.9 Å². The Hall–Kier alpha value is -0.810. The summed E-state index contributed by atoms with van der Waals surface area (Å²) in [6.07, 6.45) is 1.79. The van der Waals surface area contributed by atoms with Gasteiger partial charge in [-0.25, -0.2) is 0 Å². The van der Waals surface area contributed by atoms with Gasteiger partial charge in [0, 0.05) is 35.8 Å². The lowest BCUT2D eigenvalue weighted by molar-refractivity contribution is 0.0308. The van der Waals surface area contributed by atoms with Crippen LogP contribution in [-0.4, -0.2) is 52.9 Å². The number of aromatic nitrogens is 1. The molecule has 0 radical (unpaired) electrons. The number of halogens is 1. The van der Waals surface area contributed by atoms with Crippen LogP contribution in [0.15, 0.2) is 16.7 Å². The van der Waals surface area contributed by atoms with Crippen molar-refractivity contribution in [2.75, 3.05) is 26.7 Å². The average molecular weight is 300 g/mol. The Balaban J connectivity index is 2.11. The number of hydrogen-bond acceptors (Lipinski definition) is 2. The van der Waals surface area contributed by atoms with Crippen molar-refractivity contribution in [2.45, 2.75) is 19.4 Å². The van der Waals surface area contributed by atoms with Gasteiger partial charge in [0.05, 0.1) is 0 Å². The molecule has 0 aliphatic carbocycles. The maximum absolute atomic E-state index is 12.3. The number of aromatic amines is 1. The predicted molar refractivity (Wildman–Crippen MR) is 71.1 cm³/mol. The third kappa shape index (κ3) is 2.55. The second-order valence-electron chi connectivity index (χ2n) is 5.19. The fourth-order valence-electron chi connectivity index (χ4n) is 2.08. The number of piperazine rings is 1. The van der Waals surface area contributed by atoms with Crippen molar-refractivity contribution in [3.63, 3.8) is 0 Å². The van der Waals surface area contributed by atoms with Crippen LogP contribution in [-0.2, 0) is 0 Å². The van der Waals surface area contributed by atoms with E-state index in [-0.39, 0.29) is 11.4 Å². The molecule has 4 nitrogen and oxygen atoms in total. The third-order valence-corrected chi connectivity index (χ3v) is 3.94. The molecule has 1 aliphatic heterocycles. The monoisotopic (exact) mass is 299 g/mol. The Labute approximate surface area is 110 Å². The van der Waals surface area contributed by atoms with Gasteiger partial charge in [0.2, 0.25) is 0 Å². The van der Waals surface area contributed by atoms with Gasteiger partial charge in [-0.05, 0) is 42.9 Å². The number of likely N-dealkylation sites (N-methyl/N-ethyl adjacent to an activating group) is 1. The fourth-order valence-corrected chi connectivity index (χ4v) is 2.42. The first-order valence-electron chi connectivity index (χ1n) is 5.74. The van der Waals surface area contributed by atoms with Gasteiger partial charge >= 0.3 is 0 Å². The zero-order valence-corrected chi connectivity index (χ0v) is 12.0. The zero-order chi connectivity index (χ0) is 12.6. The Bertz CT molecular complexity index is 427. The van der Waals surface area contributed by atoms with Crippen LogP contribution in [0.2, 0.25) is 0 Å². The van der Waals surface area contributed by atoms with E-state index in [2.05, 4.69) is 46.7 Å². The molecule has 0 saturated carbocycles. The molecule has 5 heteroatoms. The average Bonchev–Trinajstić information content (AvgIpc) is 2.68. The number of carbonyl (C=O) groups is 1. The van der Waals surface area contributed by atoms with Crippen LogP contribution < -0.4 is 0 Å². The molecular formula is C12H18BrN3O. The molecule has 0 atom stereocenters. The number of hydrogen-bond donors (Lipinski definition) is 1. The van der Waals surface area contributed by atoms with E-state index in [4.69, 9.17) is 0 Å². The van der Waals surface area contributed by atoms with Crippen molar-refractivity contribution in [2.24, 2.45) is 0 Å². The summed E-state index contributed by atoms with van der Waals surface area (Å²) >= 11 is 3.35. The topological polar surface area (TPSA) is 39.3 Å². The summed E-state index contributed by atoms with van der Waals surface area (Å²) < 4.78 is 0.911. The minimum Gasteiger partial charge on any atom is -0.356 e. The highest BCUT2D eigenvalue weighted by molar-refractivity contribution is 9.10. The largest absolute Gasteiger partial charge is 0.356 e. The van der Waals surface area contributed by atoms with Crippen LogP contribution in [0.5, 0.6) is 0 Å². The van der Waals surface area contributed by atoms with Crippen LogP contribution in [0.25, 0.3) is 0 Å². The number of rotatable bonds is 1. The first-order chi connectivity index (χ1) is 7.90. The van der Waals surface area contributed by atoms with Gasteiger partial charge in [0.15, 0.2) is 0 Å². The van der Waals surface area contributed by atoms with Crippen molar-refractivity contribution < 1.29 is 4.79 Å². The van der Waals surface area contributed by atoms with Gasteiger partial charge in [0.25, 0.3) is 5.91 Å². The minimum absolute atomic E-state index is 0.0394. The van der Waals surface area contributed by atoms with Crippen LogP contribution in [0.4, 0.5) is 0 Å². The molecule has 0 bridgehead atoms. The molecule has 2 heterocycles. The number of nitrogens with one attached hydrogen (secondary N) is 1. The Morgan fingerprint density at radius 1 is 1.47 bits per heavy atom. The SMILES string of the molecule is CN1CCN(C(=O)c2cc(Br)c[nH]2)CC1(C)C. The zero-order valence-electron chi connectivity index (χ0n) is 10.5. The van der Waals surface area contributed by atoms with Crippen molar-refractivity contribution in [1.29, 1.82) is 0 Å². The number of nitrogens with zero attached hydrogens (tertiary/aromatic N) is 2. The standard InChI is InChI=1S/C12H18BrN3O/c1-12(2)8-16(5-4-15(12)3)11(17)10-6-9(13)7-14-10/h6-7,14H,4-5,8H2,1-3H3. The van der Waals surface area contributed by atoms with E-state index >= 15 is 0 Å². The third-order valence-electron chi connectivity index (χ3n) is 3.48. The van der Waals surface area contributed by atoms with E-state index in [1.165, 1.54) is 0 Å². The minimum atomic E-state index is 0.0394. The predicted octanol–water partition coefficient (Wildman–Crippen LogP) is 1.94. The summed E-state index contributed by atoms with van der Waals surface area (Å²) in [5, 5.41) is 0. The van der Waals surface area contributed by atoms with E-state index in [0.717, 1.165) is 24.1 Å². The first-order valence-corrected chi connectivity index (χ1v) is 6.54. The van der Waals surface area contributed by atoms with Gasteiger partial charge in [-0.2, -0.15) is 0 Å². The molecule has 1 amide bonds. The van der Waals surface area contributed by atoms with Gasteiger partial charge in [-0.3, -0.25) is 9.69 Å². The summed E-state index contributed by atoms with van der Waals surface area (Å²) in [6, 6.07) is 1.83. The molecule has 0 spiro atoms. The molecule has 1 N–H and O–H groups in total. The first kappa shape index (κ1) is 12.6. The Morgan fingerprint density at radius 2 is 2.18 bits per heavy atom. The quantitative estimate of drug-likeness (QED) is 0.861. The molecule has 1 saturated heterocycles. The van der Waals surface area contributed by atoms with Gasteiger partial charge < -0.3 is 9.88 Å². The van der Waals surface area contributed by atoms with Crippen molar-refractivity contribution in [3.05, 3.63) is 22.4 Å². The number of amides is 1. The summed E-state index contributed by atoms with van der Waals surface area (Å²) in [7, 11) is 2.10. The van der Waals surface area contributed by atoms with E-state index in [9.17, 15) is 4.79 Å². The summed E-state index contributed by atoms with van der Waals surface area (Å²) in [4.78, 5) is 19.5. The second kappa shape index (κ2) is 4.46. The lowest BCUT2D eigenvalue weighted by atomic mass is 9.99. The lowest BCUT2D eigenvalue weighted by Crippen LogP contribution is -2.58. The van der Waals surface area contributed by atoms with Crippen LogP contribution in [0, 0.1) is 0 Å². The highest BCUT2D eigenvalue weighted by Crippen LogP contribution is 2.21. The highest BCUT2D eigenvalue weighted by atomic mass is 79.9. The smallest absolute Gasteiger partial charge is 0.270 e. The van der Waals surface area contributed by atoms with Crippen molar-refractivity contribution in [1.82, 2.24) is 14.8 Å². The van der Waals surface area contributed by atoms with Crippen LogP contribution in [0.3, 0.4) is 0 Å². The molecule has 17 heavy (non-hydrogen) atoms. The van der Waals surface area contributed by atoms with E-state index < -0.39 is 0 Å². The molecule has 0 unspecified atom stereocenters. The maximum Gasteiger partial charge on any atom is 0.270 e.